The summed E-state index contributed by atoms with van der Waals surface area (Å²) in [5.41, 5.74) is 4.23. The lowest BCUT2D eigenvalue weighted by atomic mass is 10.0. The third-order valence-corrected chi connectivity index (χ3v) is 7.39. The van der Waals surface area contributed by atoms with Gasteiger partial charge >= 0.3 is 0 Å². The van der Waals surface area contributed by atoms with Gasteiger partial charge in [0.2, 0.25) is 0 Å². The van der Waals surface area contributed by atoms with E-state index in [1.807, 2.05) is 35.1 Å². The number of allylic oxidation sites excluding steroid dienone is 1. The molecule has 8 heteroatoms. The minimum Gasteiger partial charge on any atom is -0.492 e. The van der Waals surface area contributed by atoms with E-state index < -0.39 is 0 Å². The number of nitrogens with zero attached hydrogens (tertiary/aromatic N) is 4. The van der Waals surface area contributed by atoms with Crippen molar-refractivity contribution in [3.63, 3.8) is 0 Å². The predicted molar refractivity (Wildman–Crippen MR) is 132 cm³/mol. The number of amides is 1. The van der Waals surface area contributed by atoms with Crippen molar-refractivity contribution in [1.29, 1.82) is 0 Å². The van der Waals surface area contributed by atoms with Gasteiger partial charge in [-0.15, -0.1) is 0 Å². The Kier molecular flexibility index (Phi) is 6.76. The second kappa shape index (κ2) is 10.1. The lowest BCUT2D eigenvalue weighted by Crippen LogP contribution is -2.45. The second-order valence-electron chi connectivity index (χ2n) is 9.66. The summed E-state index contributed by atoms with van der Waals surface area (Å²) >= 11 is 0. The Morgan fingerprint density at radius 2 is 2.06 bits per heavy atom. The van der Waals surface area contributed by atoms with Gasteiger partial charge in [-0.25, -0.2) is 4.68 Å². The average Bonchev–Trinajstić information content (AvgIpc) is 3.49. The first-order valence-corrected chi connectivity index (χ1v) is 12.6. The molecule has 2 aromatic rings. The summed E-state index contributed by atoms with van der Waals surface area (Å²) < 4.78 is 7.96. The number of piperidine rings is 1. The minimum absolute atomic E-state index is 0.0233. The van der Waals surface area contributed by atoms with Crippen molar-refractivity contribution in [2.75, 3.05) is 32.8 Å². The maximum Gasteiger partial charge on any atom is 0.251 e. The first-order chi connectivity index (χ1) is 16.6. The molecule has 0 spiro atoms. The number of hydrogen-bond acceptors (Lipinski definition) is 6. The number of hydrogen-bond donors (Lipinski definition) is 2. The van der Waals surface area contributed by atoms with Crippen LogP contribution >= 0.6 is 0 Å². The van der Waals surface area contributed by atoms with Crippen LogP contribution in [0, 0.1) is 0 Å². The molecular weight excluding hydrogens is 428 g/mol. The molecule has 1 atom stereocenters. The molecule has 0 radical (unpaired) electrons. The molecule has 2 saturated heterocycles. The lowest BCUT2D eigenvalue weighted by Gasteiger charge is -2.37. The monoisotopic (exact) mass is 464 g/mol. The number of fused-ring (bicyclic) bond motifs is 1. The summed E-state index contributed by atoms with van der Waals surface area (Å²) in [5.74, 6) is 0.739. The fourth-order valence-corrected chi connectivity index (χ4v) is 5.38. The van der Waals surface area contributed by atoms with Crippen LogP contribution in [0.4, 0.5) is 0 Å². The normalized spacial score (nSPS) is 21.4. The fourth-order valence-electron chi connectivity index (χ4n) is 5.38. The Balaban J connectivity index is 1.12. The van der Waals surface area contributed by atoms with Crippen LogP contribution in [0.25, 0.3) is 5.70 Å². The number of ether oxygens (including phenoxy) is 1. The molecular formula is C26H36N6O2. The highest BCUT2D eigenvalue weighted by Gasteiger charge is 2.27. The average molecular weight is 465 g/mol. The summed E-state index contributed by atoms with van der Waals surface area (Å²) in [5, 5.41) is 11.1. The van der Waals surface area contributed by atoms with Gasteiger partial charge in [0.05, 0.1) is 11.4 Å². The SMILES string of the molecule is CC1=C(N2CCC(NC(=O)c3cccc(OCCN4CCC[C@H]4C)c3)CC2)c2ccnn2CN1. The first kappa shape index (κ1) is 22.8. The number of aromatic nitrogens is 2. The van der Waals surface area contributed by atoms with Gasteiger partial charge in [-0.05, 0) is 70.3 Å². The van der Waals surface area contributed by atoms with E-state index in [1.54, 1.807) is 0 Å². The number of nitrogens with one attached hydrogen (secondary N) is 2. The Bertz CT molecular complexity index is 1040. The molecule has 182 valence electrons. The maximum atomic E-state index is 12.9. The zero-order chi connectivity index (χ0) is 23.5. The maximum absolute atomic E-state index is 12.9. The molecule has 2 N–H and O–H groups in total. The predicted octanol–water partition coefficient (Wildman–Crippen LogP) is 2.89. The van der Waals surface area contributed by atoms with Crippen LogP contribution in [0.15, 0.2) is 42.2 Å². The van der Waals surface area contributed by atoms with Crippen LogP contribution in [0.3, 0.4) is 0 Å². The number of likely N-dealkylation sites (tertiary alicyclic amines) is 2. The van der Waals surface area contributed by atoms with Crippen molar-refractivity contribution in [3.8, 4) is 5.75 Å². The number of benzene rings is 1. The van der Waals surface area contributed by atoms with Crippen molar-refractivity contribution in [2.24, 2.45) is 0 Å². The highest BCUT2D eigenvalue weighted by molar-refractivity contribution is 5.94. The zero-order valence-corrected chi connectivity index (χ0v) is 20.3. The van der Waals surface area contributed by atoms with Crippen LogP contribution in [0.1, 0.15) is 55.6 Å². The second-order valence-corrected chi connectivity index (χ2v) is 9.66. The molecule has 1 amide bonds. The van der Waals surface area contributed by atoms with E-state index in [9.17, 15) is 4.79 Å². The summed E-state index contributed by atoms with van der Waals surface area (Å²) in [6.45, 7) is 9.67. The van der Waals surface area contributed by atoms with E-state index in [0.29, 0.717) is 24.9 Å². The molecule has 0 aliphatic carbocycles. The third kappa shape index (κ3) is 4.92. The number of carbonyl (C=O) groups is 1. The van der Waals surface area contributed by atoms with Gasteiger partial charge in [0.1, 0.15) is 19.0 Å². The molecule has 4 heterocycles. The van der Waals surface area contributed by atoms with Gasteiger partial charge in [0.25, 0.3) is 5.91 Å². The van der Waals surface area contributed by atoms with E-state index in [-0.39, 0.29) is 11.9 Å². The standard InChI is InChI=1S/C26H36N6O2/c1-19-5-4-12-30(19)15-16-34-23-7-3-6-21(17-23)26(33)29-22-9-13-31(14-10-22)25-20(2)27-18-32-24(25)8-11-28-32/h3,6-8,11,17,19,22,27H,4-5,9-10,12-16,18H2,1-2H3,(H,29,33)/t19-/m1/s1. The molecule has 8 nitrogen and oxygen atoms in total. The van der Waals surface area contributed by atoms with E-state index in [0.717, 1.165) is 50.5 Å². The molecule has 0 bridgehead atoms. The van der Waals surface area contributed by atoms with Crippen LogP contribution in [0.2, 0.25) is 0 Å². The molecule has 3 aliphatic rings. The van der Waals surface area contributed by atoms with E-state index >= 15 is 0 Å². The van der Waals surface area contributed by atoms with Crippen molar-refractivity contribution in [2.45, 2.75) is 58.3 Å². The smallest absolute Gasteiger partial charge is 0.251 e. The lowest BCUT2D eigenvalue weighted by molar-refractivity contribution is 0.0920. The highest BCUT2D eigenvalue weighted by atomic mass is 16.5. The highest BCUT2D eigenvalue weighted by Crippen LogP contribution is 2.28. The fraction of sp³-hybridized carbons (Fsp3) is 0.538. The number of carbonyl (C=O) groups excluding carboxylic acids is 1. The molecule has 0 saturated carbocycles. The number of rotatable bonds is 7. The van der Waals surface area contributed by atoms with Gasteiger partial charge in [-0.3, -0.25) is 9.69 Å². The topological polar surface area (TPSA) is 74.7 Å². The van der Waals surface area contributed by atoms with Crippen molar-refractivity contribution >= 4 is 11.6 Å². The van der Waals surface area contributed by atoms with Crippen LogP contribution in [0.5, 0.6) is 5.75 Å². The Hall–Kier alpha value is -3.00. The van der Waals surface area contributed by atoms with Gasteiger partial charge in [-0.2, -0.15) is 5.10 Å². The first-order valence-electron chi connectivity index (χ1n) is 12.6. The molecule has 1 aromatic heterocycles. The molecule has 1 aromatic carbocycles. The third-order valence-electron chi connectivity index (χ3n) is 7.39. The zero-order valence-electron chi connectivity index (χ0n) is 20.3. The van der Waals surface area contributed by atoms with Crippen LogP contribution in [-0.4, -0.2) is 70.4 Å². The molecule has 5 rings (SSSR count). The Labute approximate surface area is 201 Å². The summed E-state index contributed by atoms with van der Waals surface area (Å²) in [7, 11) is 0. The quantitative estimate of drug-likeness (QED) is 0.656. The van der Waals surface area contributed by atoms with Gasteiger partial charge in [-0.1, -0.05) is 6.07 Å². The van der Waals surface area contributed by atoms with Gasteiger partial charge < -0.3 is 20.3 Å². The van der Waals surface area contributed by atoms with E-state index in [1.165, 1.54) is 24.2 Å². The van der Waals surface area contributed by atoms with Gasteiger partial charge in [0.15, 0.2) is 0 Å². The Morgan fingerprint density at radius 3 is 2.85 bits per heavy atom. The Morgan fingerprint density at radius 1 is 1.21 bits per heavy atom. The van der Waals surface area contributed by atoms with Crippen molar-refractivity contribution in [3.05, 3.63) is 53.5 Å². The molecule has 34 heavy (non-hydrogen) atoms. The summed E-state index contributed by atoms with van der Waals surface area (Å²) in [4.78, 5) is 17.8. The molecule has 0 unspecified atom stereocenters. The van der Waals surface area contributed by atoms with Crippen molar-refractivity contribution in [1.82, 2.24) is 30.2 Å². The summed E-state index contributed by atoms with van der Waals surface area (Å²) in [6, 6.07) is 10.5. The van der Waals surface area contributed by atoms with E-state index in [4.69, 9.17) is 4.74 Å². The largest absolute Gasteiger partial charge is 0.492 e. The van der Waals surface area contributed by atoms with Crippen LogP contribution in [-0.2, 0) is 6.67 Å². The van der Waals surface area contributed by atoms with Gasteiger partial charge in [0, 0.05) is 49.2 Å². The van der Waals surface area contributed by atoms with Crippen molar-refractivity contribution < 1.29 is 9.53 Å². The van der Waals surface area contributed by atoms with E-state index in [2.05, 4.69) is 45.4 Å². The molecule has 3 aliphatic heterocycles. The minimum atomic E-state index is -0.0233. The van der Waals surface area contributed by atoms with Crippen LogP contribution < -0.4 is 15.4 Å². The summed E-state index contributed by atoms with van der Waals surface area (Å²) in [6.07, 6.45) is 6.23. The molecule has 2 fully saturated rings.